The molecule has 10 heavy (non-hydrogen) atoms. The van der Waals surface area contributed by atoms with Crippen LogP contribution in [-0.2, 0) is 4.74 Å². The smallest absolute Gasteiger partial charge is 0.0631 e. The molecule has 0 unspecified atom stereocenters. The molecule has 0 aromatic heterocycles. The molecule has 1 N–H and O–H groups in total. The topological polar surface area (TPSA) is 29.5 Å². The van der Waals surface area contributed by atoms with Crippen LogP contribution in [0.4, 0.5) is 0 Å². The van der Waals surface area contributed by atoms with Gasteiger partial charge >= 0.3 is 0 Å². The molecule has 2 aliphatic carbocycles. The van der Waals surface area contributed by atoms with Gasteiger partial charge in [-0.2, -0.15) is 0 Å². The fourth-order valence-electron chi connectivity index (χ4n) is 2.10. The summed E-state index contributed by atoms with van der Waals surface area (Å²) in [5, 5.41) is 9.36. The van der Waals surface area contributed by atoms with Gasteiger partial charge in [0.15, 0.2) is 0 Å². The number of rotatable bonds is 2. The summed E-state index contributed by atoms with van der Waals surface area (Å²) in [6.07, 6.45) is 2.40. The molecule has 0 bridgehead atoms. The van der Waals surface area contributed by atoms with Gasteiger partial charge in [-0.25, -0.2) is 0 Å². The highest BCUT2D eigenvalue weighted by atomic mass is 16.5. The number of hydrogen-bond acceptors (Lipinski definition) is 2. The van der Waals surface area contributed by atoms with E-state index in [9.17, 15) is 5.11 Å². The molecule has 2 nitrogen and oxygen atoms in total. The van der Waals surface area contributed by atoms with E-state index in [0.29, 0.717) is 17.9 Å². The van der Waals surface area contributed by atoms with Crippen LogP contribution in [0.15, 0.2) is 0 Å². The fraction of sp³-hybridized carbons (Fsp3) is 1.00. The molecule has 2 saturated carbocycles. The molecule has 0 aliphatic heterocycles. The van der Waals surface area contributed by atoms with E-state index in [1.807, 2.05) is 6.92 Å². The van der Waals surface area contributed by atoms with Crippen LogP contribution in [0.2, 0.25) is 0 Å². The van der Waals surface area contributed by atoms with E-state index < -0.39 is 0 Å². The van der Waals surface area contributed by atoms with E-state index in [1.54, 1.807) is 0 Å². The Hall–Kier alpha value is -0.0800. The van der Waals surface area contributed by atoms with Crippen molar-refractivity contribution in [2.24, 2.45) is 11.8 Å². The first kappa shape index (κ1) is 6.62. The molecule has 4 atom stereocenters. The number of aliphatic hydroxyl groups excluding tert-OH is 1. The zero-order valence-corrected chi connectivity index (χ0v) is 6.29. The minimum Gasteiger partial charge on any atom is -0.393 e. The van der Waals surface area contributed by atoms with Crippen molar-refractivity contribution < 1.29 is 9.84 Å². The summed E-state index contributed by atoms with van der Waals surface area (Å²) < 4.78 is 5.47. The zero-order chi connectivity index (χ0) is 7.14. The Balaban J connectivity index is 1.89. The Morgan fingerprint density at radius 1 is 1.40 bits per heavy atom. The Bertz CT molecular complexity index is 135. The van der Waals surface area contributed by atoms with Gasteiger partial charge in [-0.05, 0) is 25.2 Å². The van der Waals surface area contributed by atoms with E-state index >= 15 is 0 Å². The molecule has 2 heteroatoms. The van der Waals surface area contributed by atoms with Crippen molar-refractivity contribution in [2.45, 2.75) is 32.0 Å². The normalized spacial score (nSPS) is 51.0. The second-order valence-electron chi connectivity index (χ2n) is 3.36. The summed E-state index contributed by atoms with van der Waals surface area (Å²) in [6.45, 7) is 2.81. The molecule has 0 aromatic rings. The SMILES string of the molecule is CCO[C@@H]1C[C@@H](O)[C@H]2C[C@H]21. The summed E-state index contributed by atoms with van der Waals surface area (Å²) in [4.78, 5) is 0. The average molecular weight is 142 g/mol. The molecule has 2 fully saturated rings. The van der Waals surface area contributed by atoms with E-state index in [-0.39, 0.29) is 6.10 Å². The Morgan fingerprint density at radius 2 is 2.20 bits per heavy atom. The fourth-order valence-corrected chi connectivity index (χ4v) is 2.10. The largest absolute Gasteiger partial charge is 0.393 e. The molecule has 0 spiro atoms. The van der Waals surface area contributed by atoms with Gasteiger partial charge in [0, 0.05) is 13.0 Å². The molecule has 0 amide bonds. The van der Waals surface area contributed by atoms with Gasteiger partial charge in [0.2, 0.25) is 0 Å². The lowest BCUT2D eigenvalue weighted by atomic mass is 10.2. The van der Waals surface area contributed by atoms with Gasteiger partial charge in [-0.15, -0.1) is 0 Å². The van der Waals surface area contributed by atoms with Crippen molar-refractivity contribution in [1.29, 1.82) is 0 Å². The summed E-state index contributed by atoms with van der Waals surface area (Å²) >= 11 is 0. The highest BCUT2D eigenvalue weighted by Crippen LogP contribution is 2.52. The van der Waals surface area contributed by atoms with Gasteiger partial charge in [0.25, 0.3) is 0 Å². The number of hydrogen-bond donors (Lipinski definition) is 1. The number of ether oxygens (including phenoxy) is 1. The maximum atomic E-state index is 9.36. The van der Waals surface area contributed by atoms with Gasteiger partial charge in [0.05, 0.1) is 12.2 Å². The van der Waals surface area contributed by atoms with Crippen molar-refractivity contribution in [3.05, 3.63) is 0 Å². The van der Waals surface area contributed by atoms with Crippen LogP contribution in [0.5, 0.6) is 0 Å². The third-order valence-electron chi connectivity index (χ3n) is 2.72. The first-order valence-corrected chi connectivity index (χ1v) is 4.12. The van der Waals surface area contributed by atoms with Gasteiger partial charge in [-0.3, -0.25) is 0 Å². The highest BCUT2D eigenvalue weighted by molar-refractivity contribution is 5.03. The van der Waals surface area contributed by atoms with Gasteiger partial charge in [-0.1, -0.05) is 0 Å². The monoisotopic (exact) mass is 142 g/mol. The molecule has 0 radical (unpaired) electrons. The van der Waals surface area contributed by atoms with Crippen LogP contribution >= 0.6 is 0 Å². The van der Waals surface area contributed by atoms with E-state index in [4.69, 9.17) is 4.74 Å². The van der Waals surface area contributed by atoms with Crippen molar-refractivity contribution in [3.8, 4) is 0 Å². The van der Waals surface area contributed by atoms with Crippen LogP contribution < -0.4 is 0 Å². The quantitative estimate of drug-likeness (QED) is 0.617. The van der Waals surface area contributed by atoms with Crippen molar-refractivity contribution in [1.82, 2.24) is 0 Å². The van der Waals surface area contributed by atoms with Gasteiger partial charge in [0.1, 0.15) is 0 Å². The predicted octanol–water partition coefficient (Wildman–Crippen LogP) is 0.792. The molecule has 0 heterocycles. The standard InChI is InChI=1S/C8H14O2/c1-2-10-8-4-7(9)5-3-6(5)8/h5-9H,2-4H2,1H3/t5-,6+,7+,8+/m0/s1. The van der Waals surface area contributed by atoms with E-state index in [1.165, 1.54) is 6.42 Å². The van der Waals surface area contributed by atoms with Crippen LogP contribution in [0.1, 0.15) is 19.8 Å². The molecule has 58 valence electrons. The lowest BCUT2D eigenvalue weighted by molar-refractivity contribution is 0.0357. The van der Waals surface area contributed by atoms with Crippen LogP contribution in [0, 0.1) is 11.8 Å². The number of aliphatic hydroxyl groups is 1. The second kappa shape index (κ2) is 2.21. The van der Waals surface area contributed by atoms with Crippen molar-refractivity contribution in [3.63, 3.8) is 0 Å². The molecule has 0 aromatic carbocycles. The molecule has 2 aliphatic rings. The molecule has 2 rings (SSSR count). The first-order valence-electron chi connectivity index (χ1n) is 4.12. The summed E-state index contributed by atoms with van der Waals surface area (Å²) in [5.74, 6) is 1.30. The Morgan fingerprint density at radius 3 is 2.60 bits per heavy atom. The Labute approximate surface area is 61.2 Å². The summed E-state index contributed by atoms with van der Waals surface area (Å²) in [7, 11) is 0. The summed E-state index contributed by atoms with van der Waals surface area (Å²) in [6, 6.07) is 0. The van der Waals surface area contributed by atoms with Crippen molar-refractivity contribution >= 4 is 0 Å². The second-order valence-corrected chi connectivity index (χ2v) is 3.36. The third kappa shape index (κ3) is 0.867. The zero-order valence-electron chi connectivity index (χ0n) is 6.29. The molecular formula is C8H14O2. The van der Waals surface area contributed by atoms with Crippen LogP contribution in [0.3, 0.4) is 0 Å². The van der Waals surface area contributed by atoms with Crippen molar-refractivity contribution in [2.75, 3.05) is 6.61 Å². The Kier molecular flexibility index (Phi) is 1.46. The average Bonchev–Trinajstić information content (AvgIpc) is 2.59. The number of fused-ring (bicyclic) bond motifs is 1. The minimum absolute atomic E-state index is 0.0541. The van der Waals surface area contributed by atoms with Gasteiger partial charge < -0.3 is 9.84 Å². The minimum atomic E-state index is -0.0541. The van der Waals surface area contributed by atoms with E-state index in [0.717, 1.165) is 13.0 Å². The summed E-state index contributed by atoms with van der Waals surface area (Å²) in [5.41, 5.74) is 0. The maximum absolute atomic E-state index is 9.36. The predicted molar refractivity (Wildman–Crippen MR) is 37.6 cm³/mol. The lowest BCUT2D eigenvalue weighted by Gasteiger charge is -2.12. The highest BCUT2D eigenvalue weighted by Gasteiger charge is 2.54. The lowest BCUT2D eigenvalue weighted by Crippen LogP contribution is -2.15. The van der Waals surface area contributed by atoms with Crippen LogP contribution in [-0.4, -0.2) is 23.9 Å². The maximum Gasteiger partial charge on any atom is 0.0631 e. The van der Waals surface area contributed by atoms with E-state index in [2.05, 4.69) is 0 Å². The molecular weight excluding hydrogens is 128 g/mol. The first-order chi connectivity index (χ1) is 4.83. The van der Waals surface area contributed by atoms with Crippen LogP contribution in [0.25, 0.3) is 0 Å². The molecule has 0 saturated heterocycles. The third-order valence-corrected chi connectivity index (χ3v) is 2.72.